The van der Waals surface area contributed by atoms with Crippen LogP contribution in [0.5, 0.6) is 0 Å². The number of amides is 2. The van der Waals surface area contributed by atoms with Crippen LogP contribution < -0.4 is 9.62 Å². The molecule has 2 aromatic rings. The van der Waals surface area contributed by atoms with Crippen molar-refractivity contribution < 1.29 is 18.0 Å². The highest BCUT2D eigenvalue weighted by atomic mass is 127. The van der Waals surface area contributed by atoms with E-state index < -0.39 is 28.5 Å². The summed E-state index contributed by atoms with van der Waals surface area (Å²) in [5.41, 5.74) is 1.21. The van der Waals surface area contributed by atoms with Crippen LogP contribution in [0.2, 0.25) is 0 Å². The summed E-state index contributed by atoms with van der Waals surface area (Å²) in [6.07, 6.45) is 1.82. The summed E-state index contributed by atoms with van der Waals surface area (Å²) < 4.78 is 27.9. The molecule has 10 heteroatoms. The van der Waals surface area contributed by atoms with Crippen LogP contribution in [0.25, 0.3) is 0 Å². The lowest BCUT2D eigenvalue weighted by molar-refractivity contribution is -0.139. The van der Waals surface area contributed by atoms with Crippen molar-refractivity contribution in [1.82, 2.24) is 10.2 Å². The van der Waals surface area contributed by atoms with E-state index in [1.807, 2.05) is 38.1 Å². The topological polar surface area (TPSA) is 86.8 Å². The van der Waals surface area contributed by atoms with Gasteiger partial charge in [0.2, 0.25) is 21.8 Å². The van der Waals surface area contributed by atoms with Gasteiger partial charge >= 0.3 is 0 Å². The fourth-order valence-corrected chi connectivity index (χ4v) is 4.76. The lowest BCUT2D eigenvalue weighted by Gasteiger charge is -2.32. The van der Waals surface area contributed by atoms with Crippen molar-refractivity contribution in [2.24, 2.45) is 0 Å². The van der Waals surface area contributed by atoms with Gasteiger partial charge in [0.25, 0.3) is 0 Å². The first-order valence-electron chi connectivity index (χ1n) is 10.5. The van der Waals surface area contributed by atoms with Crippen LogP contribution in [0.3, 0.4) is 0 Å². The molecule has 2 rings (SSSR count). The number of benzene rings is 2. The Morgan fingerprint density at radius 1 is 1.12 bits per heavy atom. The van der Waals surface area contributed by atoms with E-state index >= 15 is 0 Å². The predicted molar refractivity (Wildman–Crippen MR) is 143 cm³/mol. The molecule has 0 fully saturated rings. The van der Waals surface area contributed by atoms with E-state index in [0.717, 1.165) is 30.6 Å². The lowest BCUT2D eigenvalue weighted by atomic mass is 10.1. The van der Waals surface area contributed by atoms with E-state index in [0.29, 0.717) is 5.69 Å². The van der Waals surface area contributed by atoms with Gasteiger partial charge in [-0.25, -0.2) is 8.42 Å². The molecule has 0 saturated carbocycles. The first-order chi connectivity index (χ1) is 15.4. The average Bonchev–Trinajstić information content (AvgIpc) is 2.75. The molecule has 0 aliphatic rings. The Bertz CT molecular complexity index is 1080. The molecule has 0 unspecified atom stereocenters. The lowest BCUT2D eigenvalue weighted by Crippen LogP contribution is -2.52. The first kappa shape index (κ1) is 27.6. The Morgan fingerprint density at radius 3 is 2.30 bits per heavy atom. The molecule has 0 aliphatic heterocycles. The summed E-state index contributed by atoms with van der Waals surface area (Å²) in [6, 6.07) is 13.5. The van der Waals surface area contributed by atoms with Gasteiger partial charge < -0.3 is 10.2 Å². The second kappa shape index (κ2) is 12.2. The van der Waals surface area contributed by atoms with E-state index in [9.17, 15) is 18.0 Å². The summed E-state index contributed by atoms with van der Waals surface area (Å²) >= 11 is 5.56. The standard InChI is InChI=1S/C23H29BrIN3O4S/c1-5-16(2)26-23(30)17(3)27(14-18-7-6-8-19(24)13-18)22(29)15-28(33(4,31)32)21-11-9-20(25)10-12-21/h6-13,16-17H,5,14-15H2,1-4H3,(H,26,30)/t16-,17+/m0/s1. The summed E-state index contributed by atoms with van der Waals surface area (Å²) in [7, 11) is -3.73. The van der Waals surface area contributed by atoms with Crippen LogP contribution in [-0.4, -0.2) is 50.0 Å². The number of halogens is 2. The zero-order valence-electron chi connectivity index (χ0n) is 19.1. The number of hydrogen-bond donors (Lipinski definition) is 1. The molecule has 7 nitrogen and oxygen atoms in total. The van der Waals surface area contributed by atoms with Gasteiger partial charge in [-0.2, -0.15) is 0 Å². The molecule has 2 aromatic carbocycles. The Morgan fingerprint density at radius 2 is 1.76 bits per heavy atom. The van der Waals surface area contributed by atoms with Gasteiger partial charge in [-0.05, 0) is 84.8 Å². The second-order valence-corrected chi connectivity index (χ2v) is 12.0. The maximum atomic E-state index is 13.5. The Balaban J connectivity index is 2.37. The van der Waals surface area contributed by atoms with Gasteiger partial charge in [-0.1, -0.05) is 35.0 Å². The Kier molecular flexibility index (Phi) is 10.2. The van der Waals surface area contributed by atoms with Crippen LogP contribution in [0.1, 0.15) is 32.8 Å². The highest BCUT2D eigenvalue weighted by Crippen LogP contribution is 2.21. The third-order valence-corrected chi connectivity index (χ3v) is 7.56. The highest BCUT2D eigenvalue weighted by Gasteiger charge is 2.30. The van der Waals surface area contributed by atoms with E-state index in [1.54, 1.807) is 31.2 Å². The van der Waals surface area contributed by atoms with Crippen LogP contribution in [0.4, 0.5) is 5.69 Å². The van der Waals surface area contributed by atoms with Crippen molar-refractivity contribution in [3.8, 4) is 0 Å². The molecule has 0 saturated heterocycles. The first-order valence-corrected chi connectivity index (χ1v) is 14.2. The van der Waals surface area contributed by atoms with Crippen molar-refractivity contribution in [2.75, 3.05) is 17.1 Å². The van der Waals surface area contributed by atoms with Crippen molar-refractivity contribution >= 4 is 66.0 Å². The Hall–Kier alpha value is -1.66. The number of rotatable bonds is 10. The number of carbonyl (C=O) groups is 2. The van der Waals surface area contributed by atoms with Crippen LogP contribution in [0, 0.1) is 3.57 Å². The molecule has 0 radical (unpaired) electrons. The minimum atomic E-state index is -3.73. The molecule has 2 atom stereocenters. The van der Waals surface area contributed by atoms with E-state index in [2.05, 4.69) is 43.8 Å². The molecule has 1 N–H and O–H groups in total. The number of nitrogens with one attached hydrogen (secondary N) is 1. The minimum Gasteiger partial charge on any atom is -0.352 e. The molecule has 180 valence electrons. The van der Waals surface area contributed by atoms with Gasteiger partial charge in [0.05, 0.1) is 11.9 Å². The van der Waals surface area contributed by atoms with E-state index in [4.69, 9.17) is 0 Å². The summed E-state index contributed by atoms with van der Waals surface area (Å²) in [4.78, 5) is 27.7. The molecule has 0 spiro atoms. The second-order valence-electron chi connectivity index (χ2n) is 7.89. The maximum absolute atomic E-state index is 13.5. The third-order valence-electron chi connectivity index (χ3n) is 5.20. The average molecular weight is 650 g/mol. The maximum Gasteiger partial charge on any atom is 0.244 e. The van der Waals surface area contributed by atoms with Crippen molar-refractivity contribution in [2.45, 2.75) is 45.8 Å². The molecule has 0 aromatic heterocycles. The number of nitrogens with zero attached hydrogens (tertiary/aromatic N) is 2. The van der Waals surface area contributed by atoms with E-state index in [1.165, 1.54) is 4.90 Å². The van der Waals surface area contributed by atoms with Crippen molar-refractivity contribution in [1.29, 1.82) is 0 Å². The van der Waals surface area contributed by atoms with E-state index in [-0.39, 0.29) is 18.5 Å². The van der Waals surface area contributed by atoms with Crippen LogP contribution >= 0.6 is 38.5 Å². The summed E-state index contributed by atoms with van der Waals surface area (Å²) in [6.45, 7) is 5.27. The molecule has 0 aliphatic carbocycles. The molecular formula is C23H29BrIN3O4S. The Labute approximate surface area is 218 Å². The van der Waals surface area contributed by atoms with Gasteiger partial charge in [-0.3, -0.25) is 13.9 Å². The summed E-state index contributed by atoms with van der Waals surface area (Å²) in [5, 5.41) is 2.91. The van der Waals surface area contributed by atoms with Crippen molar-refractivity contribution in [3.05, 3.63) is 62.1 Å². The third kappa shape index (κ3) is 8.25. The van der Waals surface area contributed by atoms with Crippen LogP contribution in [0.15, 0.2) is 53.0 Å². The van der Waals surface area contributed by atoms with Gasteiger partial charge in [0.15, 0.2) is 0 Å². The smallest absolute Gasteiger partial charge is 0.244 e. The number of sulfonamides is 1. The molecule has 2 amide bonds. The largest absolute Gasteiger partial charge is 0.352 e. The number of carbonyl (C=O) groups excluding carboxylic acids is 2. The molecule has 33 heavy (non-hydrogen) atoms. The quantitative estimate of drug-likeness (QED) is 0.392. The SMILES string of the molecule is CC[C@H](C)NC(=O)[C@@H](C)N(Cc1cccc(Br)c1)C(=O)CN(c1ccc(I)cc1)S(C)(=O)=O. The van der Waals surface area contributed by atoms with Crippen molar-refractivity contribution in [3.63, 3.8) is 0 Å². The van der Waals surface area contributed by atoms with Gasteiger partial charge in [-0.15, -0.1) is 0 Å². The molecule has 0 bridgehead atoms. The normalized spacial score (nSPS) is 13.2. The highest BCUT2D eigenvalue weighted by molar-refractivity contribution is 14.1. The van der Waals surface area contributed by atoms with Crippen LogP contribution in [-0.2, 0) is 26.2 Å². The fourth-order valence-electron chi connectivity index (χ4n) is 3.10. The van der Waals surface area contributed by atoms with Gasteiger partial charge in [0, 0.05) is 20.6 Å². The number of hydrogen-bond acceptors (Lipinski definition) is 4. The minimum absolute atomic E-state index is 0.0397. The molecule has 0 heterocycles. The monoisotopic (exact) mass is 649 g/mol. The zero-order chi connectivity index (χ0) is 24.8. The summed E-state index contributed by atoms with van der Waals surface area (Å²) in [5.74, 6) is -0.751. The predicted octanol–water partition coefficient (Wildman–Crippen LogP) is 4.15. The van der Waals surface area contributed by atoms with Gasteiger partial charge in [0.1, 0.15) is 12.6 Å². The molecular weight excluding hydrogens is 621 g/mol. The zero-order valence-corrected chi connectivity index (χ0v) is 23.6. The fraction of sp³-hybridized carbons (Fsp3) is 0.391. The number of anilines is 1.